The lowest BCUT2D eigenvalue weighted by molar-refractivity contribution is 0.0996. The summed E-state index contributed by atoms with van der Waals surface area (Å²) < 4.78 is 0. The summed E-state index contributed by atoms with van der Waals surface area (Å²) in [6, 6.07) is 0.255. The molecule has 1 aliphatic carbocycles. The summed E-state index contributed by atoms with van der Waals surface area (Å²) in [7, 11) is 0. The standard InChI is InChI=1S/C12H25N3O2/c1-2-10(7-12(13)15-17)14-8-9-4-3-5-11(16)6-9/h9-11,14,16-17H,2-8H2,1H3,(H2,13,15). The Kier molecular flexibility index (Phi) is 6.29. The SMILES string of the molecule is CCC(CC(N)=NO)NCC1CCCC(O)C1. The Labute approximate surface area is 103 Å². The molecule has 0 aromatic rings. The molecule has 5 heteroatoms. The van der Waals surface area contributed by atoms with E-state index in [-0.39, 0.29) is 18.0 Å². The van der Waals surface area contributed by atoms with Crippen LogP contribution in [-0.4, -0.2) is 34.8 Å². The van der Waals surface area contributed by atoms with Crippen molar-refractivity contribution in [2.75, 3.05) is 6.54 Å². The average molecular weight is 243 g/mol. The van der Waals surface area contributed by atoms with E-state index < -0.39 is 0 Å². The molecule has 0 heterocycles. The van der Waals surface area contributed by atoms with Gasteiger partial charge in [0.25, 0.3) is 0 Å². The summed E-state index contributed by atoms with van der Waals surface area (Å²) in [6.45, 7) is 2.99. The number of oxime groups is 1. The number of nitrogens with two attached hydrogens (primary N) is 1. The molecule has 0 bridgehead atoms. The van der Waals surface area contributed by atoms with Gasteiger partial charge in [0, 0.05) is 12.5 Å². The van der Waals surface area contributed by atoms with Crippen molar-refractivity contribution in [2.45, 2.75) is 57.6 Å². The van der Waals surface area contributed by atoms with Crippen LogP contribution in [0.2, 0.25) is 0 Å². The van der Waals surface area contributed by atoms with Crippen molar-refractivity contribution < 1.29 is 10.3 Å². The minimum Gasteiger partial charge on any atom is -0.409 e. The van der Waals surface area contributed by atoms with Gasteiger partial charge in [0.05, 0.1) is 6.10 Å². The first-order valence-corrected chi connectivity index (χ1v) is 6.53. The van der Waals surface area contributed by atoms with E-state index in [9.17, 15) is 5.11 Å². The molecule has 0 amide bonds. The molecule has 100 valence electrons. The van der Waals surface area contributed by atoms with Gasteiger partial charge in [0.15, 0.2) is 0 Å². The summed E-state index contributed by atoms with van der Waals surface area (Å²) in [5, 5.41) is 24.6. The Balaban J connectivity index is 2.26. The van der Waals surface area contributed by atoms with E-state index in [4.69, 9.17) is 10.9 Å². The van der Waals surface area contributed by atoms with Crippen molar-refractivity contribution in [1.82, 2.24) is 5.32 Å². The second-order valence-corrected chi connectivity index (χ2v) is 5.00. The summed E-state index contributed by atoms with van der Waals surface area (Å²) in [4.78, 5) is 0. The first-order chi connectivity index (χ1) is 8.15. The third kappa shape index (κ3) is 5.37. The maximum atomic E-state index is 9.59. The van der Waals surface area contributed by atoms with E-state index in [0.29, 0.717) is 12.3 Å². The van der Waals surface area contributed by atoms with Crippen LogP contribution in [0.1, 0.15) is 45.4 Å². The fourth-order valence-corrected chi connectivity index (χ4v) is 2.44. The van der Waals surface area contributed by atoms with Crippen LogP contribution in [0.15, 0.2) is 5.16 Å². The number of hydrogen-bond donors (Lipinski definition) is 4. The summed E-state index contributed by atoms with van der Waals surface area (Å²) in [5.41, 5.74) is 5.50. The minimum absolute atomic E-state index is 0.125. The maximum absolute atomic E-state index is 9.59. The second-order valence-electron chi connectivity index (χ2n) is 5.00. The third-order valence-corrected chi connectivity index (χ3v) is 3.53. The normalized spacial score (nSPS) is 28.0. The maximum Gasteiger partial charge on any atom is 0.140 e. The molecule has 0 radical (unpaired) electrons. The Hall–Kier alpha value is -0.810. The van der Waals surface area contributed by atoms with Gasteiger partial charge in [-0.2, -0.15) is 0 Å². The van der Waals surface area contributed by atoms with Gasteiger partial charge >= 0.3 is 0 Å². The van der Waals surface area contributed by atoms with Crippen LogP contribution in [0.25, 0.3) is 0 Å². The Bertz CT molecular complexity index is 246. The zero-order valence-corrected chi connectivity index (χ0v) is 10.6. The summed E-state index contributed by atoms with van der Waals surface area (Å²) in [5.74, 6) is 0.827. The van der Waals surface area contributed by atoms with Crippen molar-refractivity contribution in [1.29, 1.82) is 0 Å². The van der Waals surface area contributed by atoms with Crippen LogP contribution >= 0.6 is 0 Å². The highest BCUT2D eigenvalue weighted by atomic mass is 16.4. The van der Waals surface area contributed by atoms with E-state index >= 15 is 0 Å². The highest BCUT2D eigenvalue weighted by molar-refractivity contribution is 5.80. The largest absolute Gasteiger partial charge is 0.409 e. The molecule has 3 atom stereocenters. The average Bonchev–Trinajstić information content (AvgIpc) is 2.34. The van der Waals surface area contributed by atoms with Gasteiger partial charge < -0.3 is 21.4 Å². The predicted octanol–water partition coefficient (Wildman–Crippen LogP) is 1.04. The van der Waals surface area contributed by atoms with E-state index in [1.807, 2.05) is 0 Å². The van der Waals surface area contributed by atoms with Gasteiger partial charge in [0.1, 0.15) is 5.84 Å². The first kappa shape index (κ1) is 14.3. The van der Waals surface area contributed by atoms with E-state index in [1.165, 1.54) is 6.42 Å². The topological polar surface area (TPSA) is 90.9 Å². The Morgan fingerprint density at radius 1 is 1.53 bits per heavy atom. The van der Waals surface area contributed by atoms with Crippen LogP contribution < -0.4 is 11.1 Å². The molecule has 3 unspecified atom stereocenters. The minimum atomic E-state index is -0.125. The van der Waals surface area contributed by atoms with E-state index in [0.717, 1.165) is 32.2 Å². The van der Waals surface area contributed by atoms with Crippen LogP contribution in [0.4, 0.5) is 0 Å². The van der Waals surface area contributed by atoms with Gasteiger partial charge in [0.2, 0.25) is 0 Å². The van der Waals surface area contributed by atoms with Crippen molar-refractivity contribution in [3.05, 3.63) is 0 Å². The number of aliphatic hydroxyl groups excluding tert-OH is 1. The molecular weight excluding hydrogens is 218 g/mol. The van der Waals surface area contributed by atoms with Crippen molar-refractivity contribution in [2.24, 2.45) is 16.8 Å². The molecule has 0 spiro atoms. The lowest BCUT2D eigenvalue weighted by Crippen LogP contribution is -2.38. The quantitative estimate of drug-likeness (QED) is 0.243. The molecule has 0 aliphatic heterocycles. The number of nitrogens with one attached hydrogen (secondary N) is 1. The number of amidine groups is 1. The number of nitrogens with zero attached hydrogens (tertiary/aromatic N) is 1. The highest BCUT2D eigenvalue weighted by Crippen LogP contribution is 2.23. The smallest absolute Gasteiger partial charge is 0.140 e. The van der Waals surface area contributed by atoms with Gasteiger partial charge in [-0.05, 0) is 38.1 Å². The Morgan fingerprint density at radius 2 is 2.29 bits per heavy atom. The monoisotopic (exact) mass is 243 g/mol. The molecule has 5 nitrogen and oxygen atoms in total. The molecule has 1 rings (SSSR count). The molecule has 1 saturated carbocycles. The zero-order chi connectivity index (χ0) is 12.7. The molecule has 1 fully saturated rings. The fraction of sp³-hybridized carbons (Fsp3) is 0.917. The van der Waals surface area contributed by atoms with Crippen LogP contribution in [0, 0.1) is 5.92 Å². The third-order valence-electron chi connectivity index (χ3n) is 3.53. The van der Waals surface area contributed by atoms with Crippen molar-refractivity contribution in [3.63, 3.8) is 0 Å². The second kappa shape index (κ2) is 7.50. The number of rotatable bonds is 6. The van der Waals surface area contributed by atoms with Crippen molar-refractivity contribution in [3.8, 4) is 0 Å². The number of hydrogen-bond acceptors (Lipinski definition) is 4. The van der Waals surface area contributed by atoms with Crippen LogP contribution in [0.3, 0.4) is 0 Å². The van der Waals surface area contributed by atoms with Crippen LogP contribution in [-0.2, 0) is 0 Å². The highest BCUT2D eigenvalue weighted by Gasteiger charge is 2.20. The van der Waals surface area contributed by atoms with Crippen molar-refractivity contribution >= 4 is 5.84 Å². The fourth-order valence-electron chi connectivity index (χ4n) is 2.44. The Morgan fingerprint density at radius 3 is 2.88 bits per heavy atom. The number of aliphatic hydroxyl groups is 1. The van der Waals surface area contributed by atoms with Gasteiger partial charge in [-0.1, -0.05) is 18.5 Å². The molecule has 0 aromatic heterocycles. The first-order valence-electron chi connectivity index (χ1n) is 6.53. The van der Waals surface area contributed by atoms with Gasteiger partial charge in [-0.25, -0.2) is 0 Å². The van der Waals surface area contributed by atoms with Gasteiger partial charge in [-0.3, -0.25) is 0 Å². The molecule has 5 N–H and O–H groups in total. The summed E-state index contributed by atoms with van der Waals surface area (Å²) in [6.07, 6.45) is 5.53. The molecule has 1 aliphatic rings. The lowest BCUT2D eigenvalue weighted by atomic mass is 9.87. The van der Waals surface area contributed by atoms with E-state index in [2.05, 4.69) is 17.4 Å². The molecule has 17 heavy (non-hydrogen) atoms. The molecule has 0 saturated heterocycles. The molecular formula is C12H25N3O2. The summed E-state index contributed by atoms with van der Waals surface area (Å²) >= 11 is 0. The lowest BCUT2D eigenvalue weighted by Gasteiger charge is -2.27. The van der Waals surface area contributed by atoms with Gasteiger partial charge in [-0.15, -0.1) is 0 Å². The predicted molar refractivity (Wildman–Crippen MR) is 68.1 cm³/mol. The zero-order valence-electron chi connectivity index (χ0n) is 10.6. The van der Waals surface area contributed by atoms with Crippen LogP contribution in [0.5, 0.6) is 0 Å². The molecule has 0 aromatic carbocycles. The van der Waals surface area contributed by atoms with E-state index in [1.54, 1.807) is 0 Å².